The minimum atomic E-state index is -5.16. The van der Waals surface area contributed by atoms with Crippen LogP contribution >= 0.6 is 11.3 Å². The number of anilines is 1. The molecule has 0 atom stereocenters. The average Bonchev–Trinajstić information content (AvgIpc) is 2.75. The first-order valence-electron chi connectivity index (χ1n) is 5.51. The van der Waals surface area contributed by atoms with Crippen molar-refractivity contribution in [2.24, 2.45) is 0 Å². The minimum absolute atomic E-state index is 0.0539. The molecule has 0 bridgehead atoms. The van der Waals surface area contributed by atoms with Gasteiger partial charge in [0.25, 0.3) is 0 Å². The van der Waals surface area contributed by atoms with Crippen molar-refractivity contribution >= 4 is 34.4 Å². The highest BCUT2D eigenvalue weighted by molar-refractivity contribution is 7.13. The molecule has 1 heterocycles. The summed E-state index contributed by atoms with van der Waals surface area (Å²) in [5.74, 6) is -2.91. The quantitative estimate of drug-likeness (QED) is 0.817. The van der Waals surface area contributed by atoms with Gasteiger partial charge in [0.2, 0.25) is 0 Å². The standard InChI is InChI=1S/C10H10F3N3O4S/c1-2-20-6(17)3-5-4-21-9(14-5)16-8(19)15-7(18)10(11,12)13/h4H,2-3H2,1H3,(H2,14,15,16,18,19). The second-order valence-electron chi connectivity index (χ2n) is 3.53. The third-order valence-corrected chi connectivity index (χ3v) is 2.69. The smallest absolute Gasteiger partial charge is 0.466 e. The Kier molecular flexibility index (Phi) is 5.64. The predicted octanol–water partition coefficient (Wildman–Crippen LogP) is 1.46. The van der Waals surface area contributed by atoms with Gasteiger partial charge in [-0.15, -0.1) is 11.3 Å². The van der Waals surface area contributed by atoms with E-state index in [-0.39, 0.29) is 23.9 Å². The number of urea groups is 1. The lowest BCUT2D eigenvalue weighted by atomic mass is 10.3. The van der Waals surface area contributed by atoms with Gasteiger partial charge in [-0.25, -0.2) is 9.78 Å². The van der Waals surface area contributed by atoms with Gasteiger partial charge >= 0.3 is 24.1 Å². The van der Waals surface area contributed by atoms with Gasteiger partial charge in [-0.05, 0) is 6.92 Å². The highest BCUT2D eigenvalue weighted by Gasteiger charge is 2.39. The fourth-order valence-corrected chi connectivity index (χ4v) is 1.81. The lowest BCUT2D eigenvalue weighted by molar-refractivity contribution is -0.172. The Labute approximate surface area is 120 Å². The fourth-order valence-electron chi connectivity index (χ4n) is 1.11. The number of rotatable bonds is 4. The molecule has 0 aliphatic carbocycles. The van der Waals surface area contributed by atoms with Gasteiger partial charge < -0.3 is 4.74 Å². The summed E-state index contributed by atoms with van der Waals surface area (Å²) in [4.78, 5) is 36.6. The molecule has 21 heavy (non-hydrogen) atoms. The molecule has 0 saturated heterocycles. The van der Waals surface area contributed by atoms with Crippen LogP contribution < -0.4 is 10.6 Å². The molecule has 1 aromatic rings. The van der Waals surface area contributed by atoms with Crippen LogP contribution in [0.2, 0.25) is 0 Å². The third kappa shape index (κ3) is 5.77. The summed E-state index contributed by atoms with van der Waals surface area (Å²) in [6.45, 7) is 1.84. The number of alkyl halides is 3. The molecular weight excluding hydrogens is 315 g/mol. The Morgan fingerprint density at radius 2 is 2.05 bits per heavy atom. The molecule has 0 unspecified atom stereocenters. The molecule has 0 aliphatic heterocycles. The third-order valence-electron chi connectivity index (χ3n) is 1.89. The topological polar surface area (TPSA) is 97.4 Å². The highest BCUT2D eigenvalue weighted by Crippen LogP contribution is 2.17. The fraction of sp³-hybridized carbons (Fsp3) is 0.400. The summed E-state index contributed by atoms with van der Waals surface area (Å²) in [5, 5.41) is 4.43. The van der Waals surface area contributed by atoms with Gasteiger partial charge in [-0.1, -0.05) is 0 Å². The molecule has 0 saturated carbocycles. The monoisotopic (exact) mass is 325 g/mol. The lowest BCUT2D eigenvalue weighted by Crippen LogP contribution is -2.42. The SMILES string of the molecule is CCOC(=O)Cc1csc(NC(=O)NC(=O)C(F)(F)F)n1. The van der Waals surface area contributed by atoms with Crippen LogP contribution in [-0.2, 0) is 20.7 Å². The first-order valence-corrected chi connectivity index (χ1v) is 6.39. The van der Waals surface area contributed by atoms with E-state index in [2.05, 4.69) is 9.72 Å². The van der Waals surface area contributed by atoms with E-state index in [0.29, 0.717) is 0 Å². The van der Waals surface area contributed by atoms with E-state index in [9.17, 15) is 27.6 Å². The molecule has 116 valence electrons. The Hall–Kier alpha value is -2.17. The van der Waals surface area contributed by atoms with Crippen LogP contribution in [0.5, 0.6) is 0 Å². The molecule has 0 spiro atoms. The number of thiazole rings is 1. The number of hydrogen-bond acceptors (Lipinski definition) is 6. The number of carbonyl (C=O) groups is 3. The Morgan fingerprint density at radius 1 is 1.38 bits per heavy atom. The second-order valence-corrected chi connectivity index (χ2v) is 4.39. The maximum absolute atomic E-state index is 11.9. The summed E-state index contributed by atoms with van der Waals surface area (Å²) in [6.07, 6.45) is -5.29. The van der Waals surface area contributed by atoms with E-state index in [4.69, 9.17) is 0 Å². The molecule has 2 N–H and O–H groups in total. The van der Waals surface area contributed by atoms with Crippen LogP contribution in [-0.4, -0.2) is 35.7 Å². The number of ether oxygens (including phenoxy) is 1. The lowest BCUT2D eigenvalue weighted by Gasteiger charge is -2.06. The van der Waals surface area contributed by atoms with Crippen LogP contribution in [0.25, 0.3) is 0 Å². The van der Waals surface area contributed by atoms with E-state index in [1.165, 1.54) is 5.38 Å². The molecule has 0 aromatic carbocycles. The van der Waals surface area contributed by atoms with Crippen molar-refractivity contribution in [3.8, 4) is 0 Å². The molecule has 3 amide bonds. The molecule has 0 radical (unpaired) electrons. The van der Waals surface area contributed by atoms with Gasteiger partial charge in [0.1, 0.15) is 0 Å². The van der Waals surface area contributed by atoms with E-state index < -0.39 is 24.1 Å². The normalized spacial score (nSPS) is 10.9. The van der Waals surface area contributed by atoms with Crippen molar-refractivity contribution < 1.29 is 32.3 Å². The zero-order valence-electron chi connectivity index (χ0n) is 10.6. The number of nitrogens with one attached hydrogen (secondary N) is 2. The summed E-state index contributed by atoms with van der Waals surface area (Å²) in [7, 11) is 0. The Balaban J connectivity index is 2.53. The first-order chi connectivity index (χ1) is 9.72. The maximum Gasteiger partial charge on any atom is 0.471 e. The number of esters is 1. The maximum atomic E-state index is 11.9. The van der Waals surface area contributed by atoms with Gasteiger partial charge in [-0.2, -0.15) is 13.2 Å². The van der Waals surface area contributed by atoms with Crippen molar-refractivity contribution in [3.05, 3.63) is 11.1 Å². The molecule has 7 nitrogen and oxygen atoms in total. The van der Waals surface area contributed by atoms with E-state index in [1.807, 2.05) is 5.32 Å². The number of carbonyl (C=O) groups excluding carboxylic acids is 3. The minimum Gasteiger partial charge on any atom is -0.466 e. The Morgan fingerprint density at radius 3 is 2.62 bits per heavy atom. The number of hydrogen-bond donors (Lipinski definition) is 2. The number of amides is 3. The van der Waals surface area contributed by atoms with Crippen LogP contribution in [0.1, 0.15) is 12.6 Å². The van der Waals surface area contributed by atoms with Crippen molar-refractivity contribution in [1.82, 2.24) is 10.3 Å². The summed E-state index contributed by atoms with van der Waals surface area (Å²) in [5.41, 5.74) is 0.288. The zero-order valence-corrected chi connectivity index (χ0v) is 11.4. The molecular formula is C10H10F3N3O4S. The Bertz CT molecular complexity index is 544. The van der Waals surface area contributed by atoms with Crippen molar-refractivity contribution in [3.63, 3.8) is 0 Å². The van der Waals surface area contributed by atoms with Gasteiger partial charge in [0, 0.05) is 5.38 Å². The summed E-state index contributed by atoms with van der Waals surface area (Å²) >= 11 is 0.889. The predicted molar refractivity (Wildman–Crippen MR) is 65.7 cm³/mol. The van der Waals surface area contributed by atoms with Crippen LogP contribution in [0.15, 0.2) is 5.38 Å². The van der Waals surface area contributed by atoms with Crippen molar-refractivity contribution in [2.45, 2.75) is 19.5 Å². The van der Waals surface area contributed by atoms with Crippen LogP contribution in [0.3, 0.4) is 0 Å². The largest absolute Gasteiger partial charge is 0.471 e. The number of aromatic nitrogens is 1. The summed E-state index contributed by atoms with van der Waals surface area (Å²) < 4.78 is 40.4. The van der Waals surface area contributed by atoms with Gasteiger partial charge in [-0.3, -0.25) is 20.2 Å². The van der Waals surface area contributed by atoms with E-state index in [1.54, 1.807) is 6.92 Å². The second kappa shape index (κ2) is 7.02. The molecule has 0 fully saturated rings. The molecule has 0 aliphatic rings. The number of nitrogens with zero attached hydrogens (tertiary/aromatic N) is 1. The first kappa shape index (κ1) is 16.9. The van der Waals surface area contributed by atoms with Crippen LogP contribution in [0, 0.1) is 0 Å². The van der Waals surface area contributed by atoms with Crippen LogP contribution in [0.4, 0.5) is 23.1 Å². The van der Waals surface area contributed by atoms with Gasteiger partial charge in [0.05, 0.1) is 18.7 Å². The van der Waals surface area contributed by atoms with Gasteiger partial charge in [0.15, 0.2) is 5.13 Å². The summed E-state index contributed by atoms with van der Waals surface area (Å²) in [6, 6.07) is -1.37. The molecule has 1 rings (SSSR count). The van der Waals surface area contributed by atoms with E-state index in [0.717, 1.165) is 16.7 Å². The molecule has 1 aromatic heterocycles. The number of imide groups is 1. The zero-order chi connectivity index (χ0) is 16.0. The van der Waals surface area contributed by atoms with E-state index >= 15 is 0 Å². The average molecular weight is 325 g/mol. The van der Waals surface area contributed by atoms with Crippen molar-refractivity contribution in [1.29, 1.82) is 0 Å². The highest BCUT2D eigenvalue weighted by atomic mass is 32.1. The van der Waals surface area contributed by atoms with Crippen molar-refractivity contribution in [2.75, 3.05) is 11.9 Å². The molecule has 11 heteroatoms. The number of halogens is 3.